The van der Waals surface area contributed by atoms with Crippen LogP contribution >= 0.6 is 38.9 Å². The van der Waals surface area contributed by atoms with Crippen molar-refractivity contribution in [2.24, 2.45) is 0 Å². The summed E-state index contributed by atoms with van der Waals surface area (Å²) in [7, 11) is 0. The molecule has 5 heteroatoms. The number of halogens is 3. The third-order valence-electron chi connectivity index (χ3n) is 2.22. The molecule has 0 radical (unpaired) electrons. The Balaban J connectivity index is 2.11. The van der Waals surface area contributed by atoms with Gasteiger partial charge in [0.2, 0.25) is 0 Å². The molecule has 0 aliphatic heterocycles. The van der Waals surface area contributed by atoms with Crippen LogP contribution in [-0.4, -0.2) is 0 Å². The number of thiophene rings is 1. The summed E-state index contributed by atoms with van der Waals surface area (Å²) in [5.41, 5.74) is 0.666. The molecule has 0 fully saturated rings. The second kappa shape index (κ2) is 5.85. The lowest BCUT2D eigenvalue weighted by molar-refractivity contribution is 0.306. The molecule has 90 valence electrons. The molecule has 1 aromatic heterocycles. The minimum Gasteiger partial charge on any atom is -0.488 e. The standard InChI is InChI=1S/C12H9BrClFOS/c13-10-3-4-17-12(10)7-16-11-2-1-9(15)5-8(11)6-14/h1-5H,6-7H2. The summed E-state index contributed by atoms with van der Waals surface area (Å²) >= 11 is 10.8. The minimum atomic E-state index is -0.301. The van der Waals surface area contributed by atoms with Crippen molar-refractivity contribution in [1.29, 1.82) is 0 Å². The van der Waals surface area contributed by atoms with Crippen molar-refractivity contribution in [1.82, 2.24) is 0 Å². The fourth-order valence-electron chi connectivity index (χ4n) is 1.36. The van der Waals surface area contributed by atoms with Gasteiger partial charge in [0.25, 0.3) is 0 Å². The molecular formula is C12H9BrClFOS. The molecule has 1 nitrogen and oxygen atoms in total. The van der Waals surface area contributed by atoms with Gasteiger partial charge in [-0.3, -0.25) is 0 Å². The zero-order valence-corrected chi connectivity index (χ0v) is 11.9. The molecule has 1 aromatic carbocycles. The Morgan fingerprint density at radius 1 is 1.35 bits per heavy atom. The van der Waals surface area contributed by atoms with Crippen molar-refractivity contribution in [3.05, 3.63) is 50.4 Å². The number of hydrogen-bond acceptors (Lipinski definition) is 2. The highest BCUT2D eigenvalue weighted by Crippen LogP contribution is 2.27. The number of hydrogen-bond donors (Lipinski definition) is 0. The molecule has 0 atom stereocenters. The molecule has 17 heavy (non-hydrogen) atoms. The molecule has 0 N–H and O–H groups in total. The minimum absolute atomic E-state index is 0.235. The van der Waals surface area contributed by atoms with Gasteiger partial charge in [-0.2, -0.15) is 0 Å². The van der Waals surface area contributed by atoms with E-state index in [0.29, 0.717) is 17.9 Å². The summed E-state index contributed by atoms with van der Waals surface area (Å²) < 4.78 is 19.7. The van der Waals surface area contributed by atoms with Gasteiger partial charge in [0.15, 0.2) is 0 Å². The molecule has 0 aliphatic rings. The summed E-state index contributed by atoms with van der Waals surface area (Å²) in [6.45, 7) is 0.452. The second-order valence-electron chi connectivity index (χ2n) is 3.37. The molecular weight excluding hydrogens is 327 g/mol. The summed E-state index contributed by atoms with van der Waals surface area (Å²) in [6.07, 6.45) is 0. The zero-order chi connectivity index (χ0) is 12.3. The van der Waals surface area contributed by atoms with Crippen molar-refractivity contribution in [3.8, 4) is 5.75 Å². The first-order valence-electron chi connectivity index (χ1n) is 4.90. The number of ether oxygens (including phenoxy) is 1. The summed E-state index contributed by atoms with van der Waals surface area (Å²) in [5.74, 6) is 0.561. The lowest BCUT2D eigenvalue weighted by Gasteiger charge is -2.09. The van der Waals surface area contributed by atoms with Crippen LogP contribution in [-0.2, 0) is 12.5 Å². The van der Waals surface area contributed by atoms with E-state index in [1.165, 1.54) is 12.1 Å². The molecule has 0 spiro atoms. The highest BCUT2D eigenvalue weighted by molar-refractivity contribution is 9.10. The van der Waals surface area contributed by atoms with Crippen LogP contribution in [0.25, 0.3) is 0 Å². The number of alkyl halides is 1. The second-order valence-corrected chi connectivity index (χ2v) is 5.49. The SMILES string of the molecule is Fc1ccc(OCc2sccc2Br)c(CCl)c1. The summed E-state index contributed by atoms with van der Waals surface area (Å²) in [6, 6.07) is 6.34. The Bertz CT molecular complexity index is 515. The molecule has 0 aliphatic carbocycles. The Hall–Kier alpha value is -0.580. The van der Waals surface area contributed by atoms with Crippen molar-refractivity contribution in [2.45, 2.75) is 12.5 Å². The van der Waals surface area contributed by atoms with E-state index in [1.54, 1.807) is 17.4 Å². The van der Waals surface area contributed by atoms with E-state index in [9.17, 15) is 4.39 Å². The van der Waals surface area contributed by atoms with Gasteiger partial charge in [-0.25, -0.2) is 4.39 Å². The van der Waals surface area contributed by atoms with Crippen LogP contribution in [0.3, 0.4) is 0 Å². The van der Waals surface area contributed by atoms with Crippen LogP contribution in [0.5, 0.6) is 5.75 Å². The van der Waals surface area contributed by atoms with Gasteiger partial charge >= 0.3 is 0 Å². The molecule has 2 aromatic rings. The fourth-order valence-corrected chi connectivity index (χ4v) is 2.95. The van der Waals surface area contributed by atoms with E-state index in [2.05, 4.69) is 15.9 Å². The van der Waals surface area contributed by atoms with E-state index >= 15 is 0 Å². The maximum Gasteiger partial charge on any atom is 0.124 e. The van der Waals surface area contributed by atoms with Gasteiger partial charge in [-0.15, -0.1) is 22.9 Å². The van der Waals surface area contributed by atoms with Crippen molar-refractivity contribution < 1.29 is 9.13 Å². The van der Waals surface area contributed by atoms with Crippen molar-refractivity contribution >= 4 is 38.9 Å². The predicted molar refractivity (Wildman–Crippen MR) is 72.3 cm³/mol. The normalized spacial score (nSPS) is 10.5. The van der Waals surface area contributed by atoms with Crippen molar-refractivity contribution in [3.63, 3.8) is 0 Å². The van der Waals surface area contributed by atoms with Crippen LogP contribution in [0.1, 0.15) is 10.4 Å². The topological polar surface area (TPSA) is 9.23 Å². The van der Waals surface area contributed by atoms with E-state index in [-0.39, 0.29) is 11.7 Å². The summed E-state index contributed by atoms with van der Waals surface area (Å²) in [5, 5.41) is 1.98. The van der Waals surface area contributed by atoms with E-state index in [4.69, 9.17) is 16.3 Å². The first-order valence-corrected chi connectivity index (χ1v) is 7.10. The lowest BCUT2D eigenvalue weighted by Crippen LogP contribution is -1.97. The number of rotatable bonds is 4. The van der Waals surface area contributed by atoms with Gasteiger partial charge in [-0.1, -0.05) is 0 Å². The average Bonchev–Trinajstić information content (AvgIpc) is 2.73. The van der Waals surface area contributed by atoms with Crippen molar-refractivity contribution in [2.75, 3.05) is 0 Å². The largest absolute Gasteiger partial charge is 0.488 e. The van der Waals surface area contributed by atoms with Crippen LogP contribution in [0.2, 0.25) is 0 Å². The molecule has 1 heterocycles. The molecule has 0 bridgehead atoms. The maximum absolute atomic E-state index is 13.0. The van der Waals surface area contributed by atoms with Crippen LogP contribution < -0.4 is 4.74 Å². The van der Waals surface area contributed by atoms with Gasteiger partial charge in [-0.05, 0) is 45.6 Å². The van der Waals surface area contributed by atoms with Crippen LogP contribution in [0.15, 0.2) is 34.1 Å². The third kappa shape index (κ3) is 3.21. The maximum atomic E-state index is 13.0. The number of benzene rings is 1. The molecule has 0 saturated carbocycles. The Morgan fingerprint density at radius 3 is 2.82 bits per heavy atom. The van der Waals surface area contributed by atoms with E-state index in [0.717, 1.165) is 9.35 Å². The molecule has 2 rings (SSSR count). The molecule has 0 unspecified atom stereocenters. The monoisotopic (exact) mass is 334 g/mol. The summed E-state index contributed by atoms with van der Waals surface area (Å²) in [4.78, 5) is 1.09. The first kappa shape index (κ1) is 12.9. The smallest absolute Gasteiger partial charge is 0.124 e. The highest BCUT2D eigenvalue weighted by Gasteiger charge is 2.07. The van der Waals surface area contributed by atoms with Crippen LogP contribution in [0.4, 0.5) is 4.39 Å². The van der Waals surface area contributed by atoms with Gasteiger partial charge < -0.3 is 4.74 Å². The van der Waals surface area contributed by atoms with E-state index < -0.39 is 0 Å². The quantitative estimate of drug-likeness (QED) is 0.717. The van der Waals surface area contributed by atoms with Gasteiger partial charge in [0.05, 0.1) is 10.8 Å². The van der Waals surface area contributed by atoms with Gasteiger partial charge in [0, 0.05) is 10.0 Å². The lowest BCUT2D eigenvalue weighted by atomic mass is 10.2. The molecule has 0 saturated heterocycles. The average molecular weight is 336 g/mol. The molecule has 0 amide bonds. The highest BCUT2D eigenvalue weighted by atomic mass is 79.9. The van der Waals surface area contributed by atoms with E-state index in [1.807, 2.05) is 11.4 Å². The van der Waals surface area contributed by atoms with Crippen LogP contribution in [0, 0.1) is 5.82 Å². The predicted octanol–water partition coefficient (Wildman–Crippen LogP) is 4.97. The Labute approximate surface area is 116 Å². The Kier molecular flexibility index (Phi) is 4.42. The third-order valence-corrected chi connectivity index (χ3v) is 4.40. The van der Waals surface area contributed by atoms with Gasteiger partial charge in [0.1, 0.15) is 18.2 Å². The Morgan fingerprint density at radius 2 is 2.18 bits per heavy atom. The first-order chi connectivity index (χ1) is 8.20. The zero-order valence-electron chi connectivity index (χ0n) is 8.75. The fraction of sp³-hybridized carbons (Fsp3) is 0.167.